The molecule has 114 valence electrons. The molecule has 0 atom stereocenters. The highest BCUT2D eigenvalue weighted by atomic mass is 32.2. The SMILES string of the molecule is Cc1cc(S(=O)(=O)NCC(F)(F)C(F)F)sc1C(=O)O. The number of alkyl halides is 4. The summed E-state index contributed by atoms with van der Waals surface area (Å²) in [4.78, 5) is 10.5. The van der Waals surface area contributed by atoms with Gasteiger partial charge in [-0.15, -0.1) is 11.3 Å². The minimum atomic E-state index is -4.50. The molecule has 0 spiro atoms. The van der Waals surface area contributed by atoms with Crippen LogP contribution in [0.25, 0.3) is 0 Å². The first-order chi connectivity index (χ1) is 8.97. The van der Waals surface area contributed by atoms with Gasteiger partial charge in [0.1, 0.15) is 9.09 Å². The fourth-order valence-electron chi connectivity index (χ4n) is 1.14. The Morgan fingerprint density at radius 3 is 2.45 bits per heavy atom. The molecular formula is C9H9F4NO4S2. The summed E-state index contributed by atoms with van der Waals surface area (Å²) in [5.41, 5.74) is 0.128. The molecule has 2 N–H and O–H groups in total. The van der Waals surface area contributed by atoms with Crippen molar-refractivity contribution in [1.82, 2.24) is 4.72 Å². The van der Waals surface area contributed by atoms with Crippen molar-refractivity contribution in [3.8, 4) is 0 Å². The van der Waals surface area contributed by atoms with Gasteiger partial charge >= 0.3 is 18.3 Å². The Labute approximate surface area is 115 Å². The number of aryl methyl sites for hydroxylation is 1. The molecule has 0 aliphatic heterocycles. The number of sulfonamides is 1. The highest BCUT2D eigenvalue weighted by Gasteiger charge is 2.41. The number of hydrogen-bond donors (Lipinski definition) is 2. The predicted molar refractivity (Wildman–Crippen MR) is 62.2 cm³/mol. The Bertz CT molecular complexity index is 611. The van der Waals surface area contributed by atoms with Crippen LogP contribution in [-0.4, -0.2) is 38.4 Å². The standard InChI is InChI=1S/C9H9F4NO4S2/c1-4-2-5(19-6(4)7(15)16)20(17,18)14-3-9(12,13)8(10)11/h2,8,14H,3H2,1H3,(H,15,16). The second-order valence-electron chi connectivity index (χ2n) is 3.77. The zero-order chi connectivity index (χ0) is 15.7. The lowest BCUT2D eigenvalue weighted by Crippen LogP contribution is -2.41. The van der Waals surface area contributed by atoms with Gasteiger partial charge in [-0.3, -0.25) is 0 Å². The van der Waals surface area contributed by atoms with Crippen LogP contribution in [0.4, 0.5) is 17.6 Å². The maximum Gasteiger partial charge on any atom is 0.346 e. The fraction of sp³-hybridized carbons (Fsp3) is 0.444. The smallest absolute Gasteiger partial charge is 0.346 e. The molecule has 1 aromatic heterocycles. The summed E-state index contributed by atoms with van der Waals surface area (Å²) < 4.78 is 73.1. The molecule has 20 heavy (non-hydrogen) atoms. The number of carbonyl (C=O) groups is 1. The van der Waals surface area contributed by atoms with E-state index in [-0.39, 0.29) is 10.4 Å². The summed E-state index contributed by atoms with van der Waals surface area (Å²) in [5.74, 6) is -5.87. The van der Waals surface area contributed by atoms with Gasteiger partial charge in [0.25, 0.3) is 0 Å². The summed E-state index contributed by atoms with van der Waals surface area (Å²) >= 11 is 0.351. The van der Waals surface area contributed by atoms with E-state index in [1.54, 1.807) is 0 Å². The van der Waals surface area contributed by atoms with E-state index in [1.165, 1.54) is 11.6 Å². The second kappa shape index (κ2) is 5.66. The van der Waals surface area contributed by atoms with Crippen LogP contribution in [0.15, 0.2) is 10.3 Å². The molecule has 0 unspecified atom stereocenters. The summed E-state index contributed by atoms with van der Waals surface area (Å²) in [6.45, 7) is -0.445. The number of hydrogen-bond acceptors (Lipinski definition) is 4. The number of thiophene rings is 1. The van der Waals surface area contributed by atoms with E-state index in [0.717, 1.165) is 6.07 Å². The molecule has 0 aromatic carbocycles. The van der Waals surface area contributed by atoms with Crippen LogP contribution in [0.5, 0.6) is 0 Å². The van der Waals surface area contributed by atoms with Crippen molar-refractivity contribution in [3.05, 3.63) is 16.5 Å². The topological polar surface area (TPSA) is 83.5 Å². The molecule has 1 rings (SSSR count). The third-order valence-corrected chi connectivity index (χ3v) is 5.27. The molecule has 1 aromatic rings. The number of carboxylic acid groups (broad SMARTS) is 1. The van der Waals surface area contributed by atoms with Crippen LogP contribution in [0.2, 0.25) is 0 Å². The van der Waals surface area contributed by atoms with E-state index in [0.29, 0.717) is 11.3 Å². The molecule has 1 heterocycles. The van der Waals surface area contributed by atoms with Crippen LogP contribution in [-0.2, 0) is 10.0 Å². The molecule has 11 heteroatoms. The molecule has 0 radical (unpaired) electrons. The Kier molecular flexibility index (Phi) is 4.77. The maximum absolute atomic E-state index is 12.6. The lowest BCUT2D eigenvalue weighted by atomic mass is 10.3. The van der Waals surface area contributed by atoms with Crippen molar-refractivity contribution in [3.63, 3.8) is 0 Å². The summed E-state index contributed by atoms with van der Waals surface area (Å²) in [7, 11) is -4.47. The van der Waals surface area contributed by atoms with E-state index in [1.807, 2.05) is 0 Å². The van der Waals surface area contributed by atoms with Gasteiger partial charge in [-0.2, -0.15) is 8.78 Å². The highest BCUT2D eigenvalue weighted by molar-refractivity contribution is 7.91. The first-order valence-corrected chi connectivity index (χ1v) is 7.26. The maximum atomic E-state index is 12.6. The molecule has 0 bridgehead atoms. The van der Waals surface area contributed by atoms with Crippen molar-refractivity contribution in [2.24, 2.45) is 0 Å². The van der Waals surface area contributed by atoms with E-state index in [9.17, 15) is 30.8 Å². The largest absolute Gasteiger partial charge is 0.477 e. The molecule has 0 saturated heterocycles. The van der Waals surface area contributed by atoms with Crippen LogP contribution < -0.4 is 4.72 Å². The van der Waals surface area contributed by atoms with Crippen LogP contribution in [0, 0.1) is 6.92 Å². The zero-order valence-electron chi connectivity index (χ0n) is 9.86. The number of carboxylic acids is 1. The number of aromatic carboxylic acids is 1. The average molecular weight is 335 g/mol. The lowest BCUT2D eigenvalue weighted by Gasteiger charge is -2.15. The molecule has 0 saturated carbocycles. The van der Waals surface area contributed by atoms with Gasteiger partial charge in [0.05, 0.1) is 6.54 Å². The third-order valence-electron chi connectivity index (χ3n) is 2.17. The van der Waals surface area contributed by atoms with Crippen molar-refractivity contribution < 1.29 is 35.9 Å². The van der Waals surface area contributed by atoms with Crippen molar-refractivity contribution in [2.45, 2.75) is 23.5 Å². The summed E-state index contributed by atoms with van der Waals surface area (Å²) in [6, 6.07) is 0.969. The normalized spacial score (nSPS) is 12.9. The Balaban J connectivity index is 2.96. The van der Waals surface area contributed by atoms with Gasteiger partial charge in [0.15, 0.2) is 0 Å². The zero-order valence-corrected chi connectivity index (χ0v) is 11.5. The lowest BCUT2D eigenvalue weighted by molar-refractivity contribution is -0.122. The second-order valence-corrected chi connectivity index (χ2v) is 6.81. The van der Waals surface area contributed by atoms with Crippen LogP contribution in [0.3, 0.4) is 0 Å². The highest BCUT2D eigenvalue weighted by Crippen LogP contribution is 2.27. The van der Waals surface area contributed by atoms with Crippen molar-refractivity contribution >= 4 is 27.3 Å². The Morgan fingerprint density at radius 2 is 2.05 bits per heavy atom. The fourth-order valence-corrected chi connectivity index (χ4v) is 3.60. The van der Waals surface area contributed by atoms with Gasteiger partial charge in [-0.1, -0.05) is 0 Å². The molecule has 0 aliphatic carbocycles. The molecular weight excluding hydrogens is 326 g/mol. The Hall–Kier alpha value is -1.20. The molecule has 0 fully saturated rings. The van der Waals surface area contributed by atoms with Gasteiger partial charge in [0.2, 0.25) is 10.0 Å². The third kappa shape index (κ3) is 3.67. The van der Waals surface area contributed by atoms with Crippen molar-refractivity contribution in [1.29, 1.82) is 0 Å². The van der Waals surface area contributed by atoms with E-state index < -0.39 is 39.1 Å². The quantitative estimate of drug-likeness (QED) is 0.778. The number of rotatable bonds is 6. The van der Waals surface area contributed by atoms with Gasteiger partial charge in [-0.05, 0) is 18.6 Å². The van der Waals surface area contributed by atoms with E-state index in [2.05, 4.69) is 0 Å². The first kappa shape index (κ1) is 16.9. The number of nitrogens with one attached hydrogen (secondary N) is 1. The van der Waals surface area contributed by atoms with Gasteiger partial charge in [-0.25, -0.2) is 26.7 Å². The van der Waals surface area contributed by atoms with Gasteiger partial charge in [0, 0.05) is 0 Å². The monoisotopic (exact) mass is 335 g/mol. The minimum absolute atomic E-state index is 0.128. The van der Waals surface area contributed by atoms with E-state index >= 15 is 0 Å². The van der Waals surface area contributed by atoms with Crippen molar-refractivity contribution in [2.75, 3.05) is 6.54 Å². The predicted octanol–water partition coefficient (Wildman–Crippen LogP) is 1.93. The Morgan fingerprint density at radius 1 is 1.50 bits per heavy atom. The van der Waals surface area contributed by atoms with Gasteiger partial charge < -0.3 is 5.11 Å². The summed E-state index contributed by atoms with van der Waals surface area (Å²) in [6.07, 6.45) is -4.01. The van der Waals surface area contributed by atoms with Crippen LogP contribution in [0.1, 0.15) is 15.2 Å². The van der Waals surface area contributed by atoms with E-state index in [4.69, 9.17) is 5.11 Å². The van der Waals surface area contributed by atoms with Crippen LogP contribution >= 0.6 is 11.3 Å². The molecule has 0 aliphatic rings. The first-order valence-electron chi connectivity index (χ1n) is 4.97. The molecule has 5 nitrogen and oxygen atoms in total. The minimum Gasteiger partial charge on any atom is -0.477 e. The average Bonchev–Trinajstić information content (AvgIpc) is 2.70. The summed E-state index contributed by atoms with van der Waals surface area (Å²) in [5, 5.41) is 8.75. The number of halogens is 4. The molecule has 0 amide bonds.